The Bertz CT molecular complexity index is 1050. The number of pyridine rings is 1. The first kappa shape index (κ1) is 24.9. The summed E-state index contributed by atoms with van der Waals surface area (Å²) in [5, 5.41) is 1.37. The van der Waals surface area contributed by atoms with Gasteiger partial charge in [-0.05, 0) is 87.1 Å². The van der Waals surface area contributed by atoms with Gasteiger partial charge >= 0.3 is 0 Å². The molecule has 35 heavy (non-hydrogen) atoms. The second-order valence-electron chi connectivity index (χ2n) is 11.3. The van der Waals surface area contributed by atoms with Gasteiger partial charge in [-0.2, -0.15) is 0 Å². The van der Waals surface area contributed by atoms with Gasteiger partial charge in [0.05, 0.1) is 15.2 Å². The Balaban J connectivity index is 1.38. The highest BCUT2D eigenvalue weighted by molar-refractivity contribution is 7.18. The van der Waals surface area contributed by atoms with E-state index in [9.17, 15) is 0 Å². The van der Waals surface area contributed by atoms with E-state index in [4.69, 9.17) is 9.97 Å². The van der Waals surface area contributed by atoms with Gasteiger partial charge < -0.3 is 0 Å². The largest absolute Gasteiger partial charge is 0.257 e. The van der Waals surface area contributed by atoms with E-state index in [1.54, 1.807) is 5.56 Å². The zero-order valence-corrected chi connectivity index (χ0v) is 22.8. The molecular weight excluding hydrogens is 444 g/mol. The molecule has 0 bridgehead atoms. The zero-order valence-electron chi connectivity index (χ0n) is 22.0. The highest BCUT2D eigenvalue weighted by Gasteiger charge is 2.26. The van der Waals surface area contributed by atoms with Crippen LogP contribution in [0.5, 0.6) is 0 Å². The Morgan fingerprint density at radius 1 is 0.829 bits per heavy atom. The summed E-state index contributed by atoms with van der Waals surface area (Å²) in [4.78, 5) is 10.4. The average molecular weight is 489 g/mol. The Morgan fingerprint density at radius 2 is 1.60 bits per heavy atom. The van der Waals surface area contributed by atoms with Gasteiger partial charge in [-0.1, -0.05) is 64.5 Å². The van der Waals surface area contributed by atoms with Crippen LogP contribution in [0.2, 0.25) is 0 Å². The first-order chi connectivity index (χ1) is 17.2. The fourth-order valence-corrected chi connectivity index (χ4v) is 7.74. The van der Waals surface area contributed by atoms with E-state index in [2.05, 4.69) is 50.2 Å². The van der Waals surface area contributed by atoms with Crippen molar-refractivity contribution in [2.24, 2.45) is 0 Å². The molecule has 0 N–H and O–H groups in total. The molecule has 188 valence electrons. The third kappa shape index (κ3) is 5.98. The van der Waals surface area contributed by atoms with Gasteiger partial charge in [0.25, 0.3) is 0 Å². The highest BCUT2D eigenvalue weighted by Crippen LogP contribution is 2.42. The molecule has 2 aromatic heterocycles. The standard InChI is InChI=1S/C32H44N2S/c1-3-5-12-23(4-2)29-21-27(22-30(33-29)25-13-7-6-8-14-25)24-15-11-16-26(20-19-24)32-34-28-17-9-10-18-31(28)35-32/h9-10,17-18,21-26H,3-8,11-16,19-20H2,1-2H3/t23-,24?,26?/m1/s1. The van der Waals surface area contributed by atoms with Crippen LogP contribution in [0.4, 0.5) is 0 Å². The molecule has 5 rings (SSSR count). The Hall–Kier alpha value is -1.74. The number of rotatable bonds is 8. The third-order valence-corrected chi connectivity index (χ3v) is 10.0. The van der Waals surface area contributed by atoms with Crippen molar-refractivity contribution >= 4 is 21.6 Å². The fraction of sp³-hybridized carbons (Fsp3) is 0.625. The van der Waals surface area contributed by atoms with Crippen molar-refractivity contribution in [3.8, 4) is 0 Å². The fourth-order valence-electron chi connectivity index (χ4n) is 6.61. The van der Waals surface area contributed by atoms with Crippen LogP contribution >= 0.6 is 11.3 Å². The van der Waals surface area contributed by atoms with Crippen LogP contribution in [0.3, 0.4) is 0 Å². The van der Waals surface area contributed by atoms with Crippen molar-refractivity contribution in [2.75, 3.05) is 0 Å². The summed E-state index contributed by atoms with van der Waals surface area (Å²) in [5.41, 5.74) is 5.63. The van der Waals surface area contributed by atoms with Crippen molar-refractivity contribution in [1.82, 2.24) is 9.97 Å². The molecule has 2 aliphatic carbocycles. The molecule has 0 spiro atoms. The molecule has 0 saturated heterocycles. The van der Waals surface area contributed by atoms with E-state index in [0.717, 1.165) is 0 Å². The monoisotopic (exact) mass is 488 g/mol. The molecule has 2 heterocycles. The maximum atomic E-state index is 5.38. The van der Waals surface area contributed by atoms with Crippen LogP contribution in [-0.4, -0.2) is 9.97 Å². The SMILES string of the molecule is CCCC[C@@H](CC)c1cc(C2CCCC(c3nc4ccccc4s3)CC2)cc(C2CCCCC2)n1. The molecule has 3 heteroatoms. The van der Waals surface area contributed by atoms with E-state index in [-0.39, 0.29) is 0 Å². The van der Waals surface area contributed by atoms with Crippen molar-refractivity contribution in [2.45, 2.75) is 127 Å². The molecule has 3 aromatic rings. The van der Waals surface area contributed by atoms with Gasteiger partial charge in [-0.15, -0.1) is 11.3 Å². The van der Waals surface area contributed by atoms with Gasteiger partial charge in [0.2, 0.25) is 0 Å². The summed E-state index contributed by atoms with van der Waals surface area (Å²) in [5.74, 6) is 2.62. The van der Waals surface area contributed by atoms with E-state index in [0.29, 0.717) is 23.7 Å². The summed E-state index contributed by atoms with van der Waals surface area (Å²) < 4.78 is 1.34. The maximum absolute atomic E-state index is 5.38. The minimum Gasteiger partial charge on any atom is -0.257 e. The zero-order chi connectivity index (χ0) is 24.0. The van der Waals surface area contributed by atoms with Gasteiger partial charge in [0, 0.05) is 29.1 Å². The Morgan fingerprint density at radius 3 is 2.40 bits per heavy atom. The molecule has 0 amide bonds. The molecule has 2 aliphatic rings. The molecule has 2 unspecified atom stereocenters. The number of hydrogen-bond donors (Lipinski definition) is 0. The normalized spacial score (nSPS) is 22.8. The quantitative estimate of drug-likeness (QED) is 0.295. The van der Waals surface area contributed by atoms with Crippen molar-refractivity contribution in [1.29, 1.82) is 0 Å². The van der Waals surface area contributed by atoms with Gasteiger partial charge in [-0.3, -0.25) is 4.98 Å². The second kappa shape index (κ2) is 12.0. The average Bonchev–Trinajstić information content (AvgIpc) is 3.19. The molecule has 2 fully saturated rings. The van der Waals surface area contributed by atoms with Crippen LogP contribution in [-0.2, 0) is 0 Å². The second-order valence-corrected chi connectivity index (χ2v) is 12.3. The van der Waals surface area contributed by atoms with Crippen molar-refractivity contribution in [3.63, 3.8) is 0 Å². The van der Waals surface area contributed by atoms with Gasteiger partial charge in [0.1, 0.15) is 0 Å². The molecular formula is C32H44N2S. The lowest BCUT2D eigenvalue weighted by atomic mass is 9.83. The Kier molecular flexibility index (Phi) is 8.55. The number of fused-ring (bicyclic) bond motifs is 1. The maximum Gasteiger partial charge on any atom is 0.0969 e. The van der Waals surface area contributed by atoms with Gasteiger partial charge in [-0.25, -0.2) is 4.98 Å². The van der Waals surface area contributed by atoms with Crippen molar-refractivity contribution in [3.05, 3.63) is 58.4 Å². The number of aromatic nitrogens is 2. The number of hydrogen-bond acceptors (Lipinski definition) is 3. The van der Waals surface area contributed by atoms with Crippen LogP contribution in [0.15, 0.2) is 36.4 Å². The minimum atomic E-state index is 0.624. The summed E-state index contributed by atoms with van der Waals surface area (Å²) >= 11 is 1.93. The molecule has 2 nitrogen and oxygen atoms in total. The Labute approximate surface area is 217 Å². The first-order valence-corrected chi connectivity index (χ1v) is 15.4. The van der Waals surface area contributed by atoms with Crippen molar-refractivity contribution < 1.29 is 0 Å². The lowest BCUT2D eigenvalue weighted by molar-refractivity contribution is 0.433. The van der Waals surface area contributed by atoms with E-state index < -0.39 is 0 Å². The van der Waals surface area contributed by atoms with E-state index in [1.807, 2.05) is 11.3 Å². The predicted octanol–water partition coefficient (Wildman–Crippen LogP) is 10.3. The van der Waals surface area contributed by atoms with Crippen LogP contribution < -0.4 is 0 Å². The van der Waals surface area contributed by atoms with E-state index >= 15 is 0 Å². The molecule has 3 atom stereocenters. The lowest BCUT2D eigenvalue weighted by Gasteiger charge is -2.26. The van der Waals surface area contributed by atoms with Crippen LogP contribution in [0, 0.1) is 0 Å². The van der Waals surface area contributed by atoms with E-state index in [1.165, 1.54) is 117 Å². The van der Waals surface area contributed by atoms with Crippen LogP contribution in [0.1, 0.15) is 149 Å². The van der Waals surface area contributed by atoms with Gasteiger partial charge in [0.15, 0.2) is 0 Å². The minimum absolute atomic E-state index is 0.624. The lowest BCUT2D eigenvalue weighted by Crippen LogP contribution is -2.12. The molecule has 1 aromatic carbocycles. The predicted molar refractivity (Wildman–Crippen MR) is 151 cm³/mol. The van der Waals surface area contributed by atoms with Crippen LogP contribution in [0.25, 0.3) is 10.2 Å². The topological polar surface area (TPSA) is 25.8 Å². The summed E-state index contributed by atoms with van der Waals surface area (Å²) in [6.07, 6.45) is 18.4. The third-order valence-electron chi connectivity index (χ3n) is 8.83. The summed E-state index contributed by atoms with van der Waals surface area (Å²) in [6.45, 7) is 4.68. The first-order valence-electron chi connectivity index (χ1n) is 14.6. The number of para-hydroxylation sites is 1. The number of benzene rings is 1. The molecule has 0 radical (unpaired) electrons. The summed E-state index contributed by atoms with van der Waals surface area (Å²) in [6, 6.07) is 13.7. The number of unbranched alkanes of at least 4 members (excludes halogenated alkanes) is 1. The number of nitrogens with zero attached hydrogens (tertiary/aromatic N) is 2. The molecule has 0 aliphatic heterocycles. The summed E-state index contributed by atoms with van der Waals surface area (Å²) in [7, 11) is 0. The number of thiazole rings is 1. The molecule has 2 saturated carbocycles. The smallest absolute Gasteiger partial charge is 0.0969 e. The highest BCUT2D eigenvalue weighted by atomic mass is 32.1.